The summed E-state index contributed by atoms with van der Waals surface area (Å²) in [6, 6.07) is 10.8. The van der Waals surface area contributed by atoms with Crippen molar-refractivity contribution in [2.75, 3.05) is 17.2 Å². The van der Waals surface area contributed by atoms with Crippen LogP contribution in [0.25, 0.3) is 0 Å². The average molecular weight is 381 g/mol. The number of ether oxygens (including phenoxy) is 1. The first kappa shape index (κ1) is 18.8. The molecule has 0 atom stereocenters. The molecule has 0 unspecified atom stereocenters. The van der Waals surface area contributed by atoms with E-state index in [0.29, 0.717) is 21.4 Å². The molecule has 25 heavy (non-hydrogen) atoms. The second kappa shape index (κ2) is 8.50. The fourth-order valence-electron chi connectivity index (χ4n) is 1.92. The Labute approximate surface area is 154 Å². The fourth-order valence-corrected chi connectivity index (χ4v) is 2.45. The van der Waals surface area contributed by atoms with E-state index in [1.807, 2.05) is 0 Å². The molecule has 0 aliphatic rings. The van der Waals surface area contributed by atoms with E-state index in [-0.39, 0.29) is 11.5 Å². The normalized spacial score (nSPS) is 10.0. The molecular weight excluding hydrogens is 367 g/mol. The van der Waals surface area contributed by atoms with Crippen LogP contribution in [-0.2, 0) is 14.3 Å². The predicted octanol–water partition coefficient (Wildman–Crippen LogP) is 3.75. The summed E-state index contributed by atoms with van der Waals surface area (Å²) in [4.78, 5) is 34.7. The van der Waals surface area contributed by atoms with E-state index in [4.69, 9.17) is 27.9 Å². The van der Waals surface area contributed by atoms with Crippen LogP contribution < -0.4 is 10.6 Å². The van der Waals surface area contributed by atoms with Crippen molar-refractivity contribution in [3.05, 3.63) is 58.1 Å². The minimum absolute atomic E-state index is 0.157. The maximum absolute atomic E-state index is 11.9. The highest BCUT2D eigenvalue weighted by Gasteiger charge is 2.12. The van der Waals surface area contributed by atoms with Crippen molar-refractivity contribution < 1.29 is 19.1 Å². The van der Waals surface area contributed by atoms with E-state index in [1.54, 1.807) is 24.3 Å². The Bertz CT molecular complexity index is 787. The number of anilines is 2. The highest BCUT2D eigenvalue weighted by atomic mass is 35.5. The van der Waals surface area contributed by atoms with Crippen LogP contribution in [0.5, 0.6) is 0 Å². The van der Waals surface area contributed by atoms with Crippen molar-refractivity contribution in [1.29, 1.82) is 0 Å². The maximum atomic E-state index is 11.9. The number of nitrogens with one attached hydrogen (secondary N) is 2. The molecule has 2 aromatic carbocycles. The molecule has 0 saturated carbocycles. The molecule has 2 aromatic rings. The molecule has 2 N–H and O–H groups in total. The van der Waals surface area contributed by atoms with Crippen molar-refractivity contribution >= 4 is 52.4 Å². The molecule has 0 fully saturated rings. The smallest absolute Gasteiger partial charge is 0.338 e. The van der Waals surface area contributed by atoms with Gasteiger partial charge >= 0.3 is 5.97 Å². The van der Waals surface area contributed by atoms with Gasteiger partial charge in [-0.1, -0.05) is 23.2 Å². The van der Waals surface area contributed by atoms with Gasteiger partial charge in [0.15, 0.2) is 6.61 Å². The minimum atomic E-state index is -0.708. The second-order valence-electron chi connectivity index (χ2n) is 5.04. The van der Waals surface area contributed by atoms with Crippen molar-refractivity contribution in [3.63, 3.8) is 0 Å². The second-order valence-corrected chi connectivity index (χ2v) is 5.91. The first-order valence-corrected chi connectivity index (χ1v) is 7.90. The molecule has 0 bridgehead atoms. The SMILES string of the molecule is CC(=O)Nc1ccc(NC(=O)COC(=O)c2cc(Cl)cc(Cl)c2)cc1. The van der Waals surface area contributed by atoms with Crippen LogP contribution in [0.15, 0.2) is 42.5 Å². The van der Waals surface area contributed by atoms with E-state index in [1.165, 1.54) is 25.1 Å². The molecule has 8 heteroatoms. The van der Waals surface area contributed by atoms with E-state index in [0.717, 1.165) is 0 Å². The van der Waals surface area contributed by atoms with E-state index >= 15 is 0 Å². The van der Waals surface area contributed by atoms with Crippen LogP contribution in [0.3, 0.4) is 0 Å². The highest BCUT2D eigenvalue weighted by Crippen LogP contribution is 2.19. The first-order chi connectivity index (χ1) is 11.8. The van der Waals surface area contributed by atoms with Crippen molar-refractivity contribution in [3.8, 4) is 0 Å². The number of hydrogen-bond donors (Lipinski definition) is 2. The van der Waals surface area contributed by atoms with Crippen molar-refractivity contribution in [2.24, 2.45) is 0 Å². The number of esters is 1. The van der Waals surface area contributed by atoms with Gasteiger partial charge in [-0.25, -0.2) is 4.79 Å². The molecule has 0 spiro atoms. The highest BCUT2D eigenvalue weighted by molar-refractivity contribution is 6.35. The van der Waals surface area contributed by atoms with Gasteiger partial charge in [0.05, 0.1) is 5.56 Å². The molecule has 0 aromatic heterocycles. The minimum Gasteiger partial charge on any atom is -0.452 e. The lowest BCUT2D eigenvalue weighted by molar-refractivity contribution is -0.119. The Morgan fingerprint density at radius 3 is 1.96 bits per heavy atom. The molecule has 0 saturated heterocycles. The van der Waals surface area contributed by atoms with Crippen LogP contribution in [0, 0.1) is 0 Å². The van der Waals surface area contributed by atoms with Gasteiger partial charge in [0.1, 0.15) is 0 Å². The lowest BCUT2D eigenvalue weighted by Crippen LogP contribution is -2.21. The maximum Gasteiger partial charge on any atom is 0.338 e. The largest absolute Gasteiger partial charge is 0.452 e. The van der Waals surface area contributed by atoms with E-state index in [9.17, 15) is 14.4 Å². The predicted molar refractivity (Wildman–Crippen MR) is 96.1 cm³/mol. The van der Waals surface area contributed by atoms with Gasteiger partial charge in [-0.05, 0) is 42.5 Å². The van der Waals surface area contributed by atoms with Crippen molar-refractivity contribution in [2.45, 2.75) is 6.92 Å². The van der Waals surface area contributed by atoms with Crippen LogP contribution >= 0.6 is 23.2 Å². The van der Waals surface area contributed by atoms with Gasteiger partial charge in [0.25, 0.3) is 5.91 Å². The van der Waals surface area contributed by atoms with E-state index in [2.05, 4.69) is 10.6 Å². The van der Waals surface area contributed by atoms with Crippen LogP contribution in [0.1, 0.15) is 17.3 Å². The summed E-state index contributed by atoms with van der Waals surface area (Å²) < 4.78 is 4.92. The third-order valence-corrected chi connectivity index (χ3v) is 3.36. The lowest BCUT2D eigenvalue weighted by atomic mass is 10.2. The molecule has 0 radical (unpaired) electrons. The number of carbonyl (C=O) groups is 3. The summed E-state index contributed by atoms with van der Waals surface area (Å²) in [5.41, 5.74) is 1.26. The number of halogens is 2. The van der Waals surface area contributed by atoms with Gasteiger partial charge in [0.2, 0.25) is 5.91 Å². The molecule has 2 rings (SSSR count). The number of rotatable bonds is 5. The van der Waals surface area contributed by atoms with Gasteiger partial charge in [-0.3, -0.25) is 9.59 Å². The standard InChI is InChI=1S/C17H14Cl2N2O4/c1-10(22)20-14-2-4-15(5-3-14)21-16(23)9-25-17(24)11-6-12(18)8-13(19)7-11/h2-8H,9H2,1H3,(H,20,22)(H,21,23). The zero-order chi connectivity index (χ0) is 18.4. The Hall–Kier alpha value is -2.57. The third kappa shape index (κ3) is 6.10. The summed E-state index contributed by atoms with van der Waals surface area (Å²) >= 11 is 11.6. The third-order valence-electron chi connectivity index (χ3n) is 2.92. The summed E-state index contributed by atoms with van der Waals surface area (Å²) in [5.74, 6) is -1.40. The quantitative estimate of drug-likeness (QED) is 0.773. The Kier molecular flexibility index (Phi) is 6.38. The number of carbonyl (C=O) groups excluding carboxylic acids is 3. The molecule has 0 heterocycles. The van der Waals surface area contributed by atoms with Crippen LogP contribution in [-0.4, -0.2) is 24.4 Å². The molecule has 130 valence electrons. The Morgan fingerprint density at radius 2 is 1.44 bits per heavy atom. The number of amides is 2. The molecule has 0 aliphatic carbocycles. The van der Waals surface area contributed by atoms with Gasteiger partial charge in [-0.2, -0.15) is 0 Å². The molecule has 0 aliphatic heterocycles. The van der Waals surface area contributed by atoms with Gasteiger partial charge in [0, 0.05) is 28.3 Å². The summed E-state index contributed by atoms with van der Waals surface area (Å²) in [6.45, 7) is 0.938. The lowest BCUT2D eigenvalue weighted by Gasteiger charge is -2.08. The van der Waals surface area contributed by atoms with Crippen LogP contribution in [0.4, 0.5) is 11.4 Å². The van der Waals surface area contributed by atoms with Crippen molar-refractivity contribution in [1.82, 2.24) is 0 Å². The van der Waals surface area contributed by atoms with Gasteiger partial charge in [-0.15, -0.1) is 0 Å². The Morgan fingerprint density at radius 1 is 0.920 bits per heavy atom. The zero-order valence-corrected chi connectivity index (χ0v) is 14.6. The topological polar surface area (TPSA) is 84.5 Å². The summed E-state index contributed by atoms with van der Waals surface area (Å²) in [7, 11) is 0. The van der Waals surface area contributed by atoms with E-state index < -0.39 is 18.5 Å². The molecule has 2 amide bonds. The van der Waals surface area contributed by atoms with Gasteiger partial charge < -0.3 is 15.4 Å². The monoisotopic (exact) mass is 380 g/mol. The molecule has 6 nitrogen and oxygen atoms in total. The number of hydrogen-bond acceptors (Lipinski definition) is 4. The summed E-state index contributed by atoms with van der Waals surface area (Å²) in [5, 5.41) is 5.77. The first-order valence-electron chi connectivity index (χ1n) is 7.14. The average Bonchev–Trinajstić information content (AvgIpc) is 2.53. The molecular formula is C17H14Cl2N2O4. The Balaban J connectivity index is 1.87. The fraction of sp³-hybridized carbons (Fsp3) is 0.118. The number of benzene rings is 2. The van der Waals surface area contributed by atoms with Crippen LogP contribution in [0.2, 0.25) is 10.0 Å². The zero-order valence-electron chi connectivity index (χ0n) is 13.1. The summed E-state index contributed by atoms with van der Waals surface area (Å²) in [6.07, 6.45) is 0.